The molecule has 134 valence electrons. The first kappa shape index (κ1) is 17.7. The van der Waals surface area contributed by atoms with E-state index in [0.29, 0.717) is 11.5 Å². The van der Waals surface area contributed by atoms with Crippen LogP contribution in [-0.2, 0) is 4.79 Å². The molecular formula is C16H12BrN3O6. The van der Waals surface area contributed by atoms with Gasteiger partial charge in [-0.25, -0.2) is 5.43 Å². The molecule has 2 aromatic carbocycles. The average Bonchev–Trinajstić information content (AvgIpc) is 2.64. The van der Waals surface area contributed by atoms with Crippen molar-refractivity contribution < 1.29 is 24.3 Å². The van der Waals surface area contributed by atoms with E-state index in [4.69, 9.17) is 9.47 Å². The number of nitro benzene ring substituents is 1. The number of para-hydroxylation sites is 2. The minimum atomic E-state index is -0.896. The first-order valence-electron chi connectivity index (χ1n) is 7.34. The van der Waals surface area contributed by atoms with E-state index in [1.807, 2.05) is 0 Å². The van der Waals surface area contributed by atoms with Gasteiger partial charge in [0.25, 0.3) is 11.6 Å². The number of halogens is 1. The molecule has 1 heterocycles. The van der Waals surface area contributed by atoms with E-state index in [-0.39, 0.29) is 28.1 Å². The molecule has 0 saturated carbocycles. The molecule has 1 aliphatic heterocycles. The Labute approximate surface area is 155 Å². The molecule has 0 saturated heterocycles. The van der Waals surface area contributed by atoms with Crippen LogP contribution >= 0.6 is 15.9 Å². The predicted molar refractivity (Wildman–Crippen MR) is 94.6 cm³/mol. The number of phenols is 1. The minimum absolute atomic E-state index is 0.0198. The predicted octanol–water partition coefficient (Wildman–Crippen LogP) is 2.35. The van der Waals surface area contributed by atoms with Crippen molar-refractivity contribution in [1.82, 2.24) is 5.43 Å². The summed E-state index contributed by atoms with van der Waals surface area (Å²) < 4.78 is 11.1. The lowest BCUT2D eigenvalue weighted by Crippen LogP contribution is -2.42. The highest BCUT2D eigenvalue weighted by atomic mass is 79.9. The van der Waals surface area contributed by atoms with Gasteiger partial charge >= 0.3 is 0 Å². The Morgan fingerprint density at radius 3 is 2.85 bits per heavy atom. The molecule has 26 heavy (non-hydrogen) atoms. The molecule has 0 spiro atoms. The summed E-state index contributed by atoms with van der Waals surface area (Å²) >= 11 is 3.02. The maximum Gasteiger partial charge on any atom is 0.284 e. The molecule has 2 N–H and O–H groups in total. The first-order valence-corrected chi connectivity index (χ1v) is 8.13. The third kappa shape index (κ3) is 3.75. The van der Waals surface area contributed by atoms with Crippen molar-refractivity contribution in [1.29, 1.82) is 0 Å². The fraction of sp³-hybridized carbons (Fsp3) is 0.125. The molecule has 1 atom stereocenters. The van der Waals surface area contributed by atoms with Crippen molar-refractivity contribution in [2.45, 2.75) is 6.10 Å². The highest BCUT2D eigenvalue weighted by Gasteiger charge is 2.27. The van der Waals surface area contributed by atoms with Gasteiger partial charge in [0.1, 0.15) is 12.4 Å². The molecule has 2 aromatic rings. The number of carbonyl (C=O) groups excluding carboxylic acids is 1. The topological polar surface area (TPSA) is 123 Å². The van der Waals surface area contributed by atoms with E-state index in [1.165, 1.54) is 0 Å². The van der Waals surface area contributed by atoms with Gasteiger partial charge in [0.2, 0.25) is 6.10 Å². The Bertz CT molecular complexity index is 902. The van der Waals surface area contributed by atoms with Gasteiger partial charge in [0.15, 0.2) is 11.5 Å². The van der Waals surface area contributed by atoms with Gasteiger partial charge in [-0.2, -0.15) is 5.10 Å². The van der Waals surface area contributed by atoms with Crippen LogP contribution in [0.5, 0.6) is 17.2 Å². The van der Waals surface area contributed by atoms with E-state index >= 15 is 0 Å². The SMILES string of the molecule is O=C(N/N=C/c1cc([N+](=O)[O-])cc(Br)c1O)[C@@H]1COc2ccccc2O1. The number of hydrogen-bond donors (Lipinski definition) is 2. The van der Waals surface area contributed by atoms with Crippen molar-refractivity contribution >= 4 is 33.7 Å². The number of rotatable bonds is 4. The molecule has 9 nitrogen and oxygen atoms in total. The number of amides is 1. The van der Waals surface area contributed by atoms with Gasteiger partial charge in [0, 0.05) is 17.7 Å². The number of hydrogen-bond acceptors (Lipinski definition) is 7. The highest BCUT2D eigenvalue weighted by molar-refractivity contribution is 9.10. The van der Waals surface area contributed by atoms with Crippen LogP contribution in [0.25, 0.3) is 0 Å². The van der Waals surface area contributed by atoms with Crippen LogP contribution in [0.4, 0.5) is 5.69 Å². The zero-order valence-electron chi connectivity index (χ0n) is 13.1. The van der Waals surface area contributed by atoms with Crippen molar-refractivity contribution in [2.75, 3.05) is 6.61 Å². The van der Waals surface area contributed by atoms with Gasteiger partial charge in [-0.3, -0.25) is 14.9 Å². The molecule has 1 amide bonds. The maximum atomic E-state index is 12.1. The molecule has 0 aromatic heterocycles. The van der Waals surface area contributed by atoms with Crippen LogP contribution in [-0.4, -0.2) is 34.9 Å². The van der Waals surface area contributed by atoms with Crippen LogP contribution < -0.4 is 14.9 Å². The number of benzene rings is 2. The second kappa shape index (κ2) is 7.40. The summed E-state index contributed by atoms with van der Waals surface area (Å²) in [6.07, 6.45) is 0.204. The maximum absolute atomic E-state index is 12.1. The first-order chi connectivity index (χ1) is 12.5. The summed E-state index contributed by atoms with van der Waals surface area (Å²) in [5.41, 5.74) is 2.09. The number of aromatic hydroxyl groups is 1. The Morgan fingerprint density at radius 2 is 2.12 bits per heavy atom. The fourth-order valence-electron chi connectivity index (χ4n) is 2.20. The number of hydrazone groups is 1. The second-order valence-corrected chi connectivity index (χ2v) is 6.08. The average molecular weight is 422 g/mol. The van der Waals surface area contributed by atoms with Gasteiger partial charge in [-0.05, 0) is 28.1 Å². The number of phenolic OH excluding ortho intramolecular Hbond substituents is 1. The Kier molecular flexibility index (Phi) is 5.03. The van der Waals surface area contributed by atoms with Crippen LogP contribution in [0.2, 0.25) is 0 Å². The number of nitro groups is 1. The summed E-state index contributed by atoms with van der Waals surface area (Å²) in [6.45, 7) is 0.0198. The van der Waals surface area contributed by atoms with E-state index in [2.05, 4.69) is 26.5 Å². The normalized spacial score (nSPS) is 15.7. The van der Waals surface area contributed by atoms with Gasteiger partial charge in [-0.15, -0.1) is 0 Å². The number of nitrogens with zero attached hydrogens (tertiary/aromatic N) is 2. The molecule has 3 rings (SSSR count). The third-order valence-electron chi connectivity index (χ3n) is 3.47. The molecule has 1 aliphatic rings. The molecule has 0 unspecified atom stereocenters. The molecule has 0 fully saturated rings. The summed E-state index contributed by atoms with van der Waals surface area (Å²) in [5, 5.41) is 24.5. The van der Waals surface area contributed by atoms with Gasteiger partial charge in [-0.1, -0.05) is 12.1 Å². The quantitative estimate of drug-likeness (QED) is 0.443. The summed E-state index contributed by atoms with van der Waals surface area (Å²) in [7, 11) is 0. The summed E-state index contributed by atoms with van der Waals surface area (Å²) in [5.74, 6) is 0.203. The largest absolute Gasteiger partial charge is 0.506 e. The van der Waals surface area contributed by atoms with Gasteiger partial charge in [0.05, 0.1) is 15.6 Å². The lowest BCUT2D eigenvalue weighted by molar-refractivity contribution is -0.385. The molecule has 0 aliphatic carbocycles. The Morgan fingerprint density at radius 1 is 1.38 bits per heavy atom. The lowest BCUT2D eigenvalue weighted by Gasteiger charge is -2.24. The van der Waals surface area contributed by atoms with E-state index < -0.39 is 16.9 Å². The zero-order valence-corrected chi connectivity index (χ0v) is 14.7. The zero-order chi connectivity index (χ0) is 18.7. The highest BCUT2D eigenvalue weighted by Crippen LogP contribution is 2.32. The van der Waals surface area contributed by atoms with Gasteiger partial charge < -0.3 is 14.6 Å². The summed E-state index contributed by atoms with van der Waals surface area (Å²) in [4.78, 5) is 22.4. The van der Waals surface area contributed by atoms with E-state index in [9.17, 15) is 20.0 Å². The number of fused-ring (bicyclic) bond motifs is 1. The monoisotopic (exact) mass is 421 g/mol. The number of carbonyl (C=O) groups is 1. The van der Waals surface area contributed by atoms with Crippen LogP contribution in [0, 0.1) is 10.1 Å². The number of non-ortho nitro benzene ring substituents is 1. The van der Waals surface area contributed by atoms with Crippen molar-refractivity contribution in [3.05, 3.63) is 56.5 Å². The van der Waals surface area contributed by atoms with Crippen LogP contribution in [0.1, 0.15) is 5.56 Å². The van der Waals surface area contributed by atoms with Crippen molar-refractivity contribution in [3.8, 4) is 17.2 Å². The van der Waals surface area contributed by atoms with Crippen molar-refractivity contribution in [2.24, 2.45) is 5.10 Å². The molecule has 10 heteroatoms. The molecule has 0 radical (unpaired) electrons. The Balaban J connectivity index is 1.68. The lowest BCUT2D eigenvalue weighted by atomic mass is 10.2. The molecule has 0 bridgehead atoms. The Hall–Kier alpha value is -3.14. The summed E-state index contributed by atoms with van der Waals surface area (Å²) in [6, 6.07) is 9.24. The van der Waals surface area contributed by atoms with Crippen LogP contribution in [0.15, 0.2) is 46.0 Å². The third-order valence-corrected chi connectivity index (χ3v) is 4.07. The standard InChI is InChI=1S/C16H12BrN3O6/c17-11-6-10(20(23)24)5-9(15(11)21)7-18-19-16(22)14-8-25-12-3-1-2-4-13(12)26-14/h1-7,14,21H,8H2,(H,19,22)/b18-7+/t14-/m0/s1. The number of ether oxygens (including phenoxy) is 2. The number of nitrogens with one attached hydrogen (secondary N) is 1. The van der Waals surface area contributed by atoms with E-state index in [0.717, 1.165) is 18.3 Å². The van der Waals surface area contributed by atoms with E-state index in [1.54, 1.807) is 24.3 Å². The molecular weight excluding hydrogens is 410 g/mol. The second-order valence-electron chi connectivity index (χ2n) is 5.22. The van der Waals surface area contributed by atoms with Crippen molar-refractivity contribution in [3.63, 3.8) is 0 Å². The smallest absolute Gasteiger partial charge is 0.284 e. The van der Waals surface area contributed by atoms with Crippen LogP contribution in [0.3, 0.4) is 0 Å². The fourth-order valence-corrected chi connectivity index (χ4v) is 2.66. The minimum Gasteiger partial charge on any atom is -0.506 e.